The van der Waals surface area contributed by atoms with Crippen LogP contribution >= 0.6 is 11.6 Å². The van der Waals surface area contributed by atoms with Crippen LogP contribution in [0.2, 0.25) is 5.02 Å². The zero-order valence-electron chi connectivity index (χ0n) is 13.9. The van der Waals surface area contributed by atoms with E-state index >= 15 is 0 Å². The minimum atomic E-state index is -0.542. The Morgan fingerprint density at radius 1 is 0.960 bits per heavy atom. The number of hydrogen-bond acceptors (Lipinski definition) is 3. The van der Waals surface area contributed by atoms with Crippen molar-refractivity contribution in [2.45, 2.75) is 19.2 Å². The predicted molar refractivity (Wildman–Crippen MR) is 101 cm³/mol. The normalized spacial score (nSPS) is 15.3. The highest BCUT2D eigenvalue weighted by atomic mass is 35.5. The maximum atomic E-state index is 10.4. The molecule has 0 spiro atoms. The fourth-order valence-electron chi connectivity index (χ4n) is 3.51. The average molecular weight is 354 g/mol. The summed E-state index contributed by atoms with van der Waals surface area (Å²) < 4.78 is 5.66. The first-order chi connectivity index (χ1) is 12.2. The lowest BCUT2D eigenvalue weighted by atomic mass is 9.95. The zero-order valence-corrected chi connectivity index (χ0v) is 14.6. The molecule has 1 unspecified atom stereocenters. The van der Waals surface area contributed by atoms with Gasteiger partial charge >= 0.3 is 0 Å². The van der Waals surface area contributed by atoms with Crippen LogP contribution in [0.5, 0.6) is 5.75 Å². The second-order valence-corrected chi connectivity index (χ2v) is 6.96. The fraction of sp³-hybridized carbons (Fsp3) is 0.238. The van der Waals surface area contributed by atoms with E-state index in [1.165, 1.54) is 21.9 Å². The van der Waals surface area contributed by atoms with Crippen molar-refractivity contribution in [1.29, 1.82) is 0 Å². The molecule has 4 rings (SSSR count). The molecule has 0 saturated heterocycles. The van der Waals surface area contributed by atoms with Gasteiger partial charge in [-0.2, -0.15) is 0 Å². The summed E-state index contributed by atoms with van der Waals surface area (Å²) in [6.45, 7) is 2.56. The molecular formula is C21H20ClNO2. The molecule has 1 atom stereocenters. The molecule has 3 aromatic carbocycles. The van der Waals surface area contributed by atoms with Crippen molar-refractivity contribution < 1.29 is 9.84 Å². The van der Waals surface area contributed by atoms with Gasteiger partial charge in [-0.3, -0.25) is 4.90 Å². The predicted octanol–water partition coefficient (Wildman–Crippen LogP) is 4.25. The van der Waals surface area contributed by atoms with Gasteiger partial charge in [0.05, 0.1) is 0 Å². The van der Waals surface area contributed by atoms with Crippen molar-refractivity contribution >= 4 is 22.4 Å². The van der Waals surface area contributed by atoms with Crippen molar-refractivity contribution in [1.82, 2.24) is 4.90 Å². The maximum Gasteiger partial charge on any atom is 0.119 e. The number of nitrogens with zero attached hydrogens (tertiary/aromatic N) is 1. The second kappa shape index (κ2) is 7.04. The molecule has 4 heteroatoms. The second-order valence-electron chi connectivity index (χ2n) is 6.52. The van der Waals surface area contributed by atoms with Crippen LogP contribution in [-0.4, -0.2) is 29.3 Å². The first-order valence-corrected chi connectivity index (χ1v) is 8.85. The number of rotatable bonds is 5. The molecule has 0 aromatic heterocycles. The molecule has 3 aromatic rings. The Hall–Kier alpha value is -2.07. The highest BCUT2D eigenvalue weighted by molar-refractivity contribution is 6.30. The molecular weight excluding hydrogens is 334 g/mol. The summed E-state index contributed by atoms with van der Waals surface area (Å²) in [5, 5.41) is 13.7. The van der Waals surface area contributed by atoms with Gasteiger partial charge in [0.2, 0.25) is 0 Å². The molecule has 25 heavy (non-hydrogen) atoms. The molecule has 0 aliphatic carbocycles. The largest absolute Gasteiger partial charge is 0.491 e. The zero-order chi connectivity index (χ0) is 17.2. The molecule has 1 heterocycles. The Morgan fingerprint density at radius 2 is 1.60 bits per heavy atom. The number of aliphatic hydroxyl groups is 1. The van der Waals surface area contributed by atoms with E-state index in [1.54, 1.807) is 12.1 Å². The summed E-state index contributed by atoms with van der Waals surface area (Å²) in [5.41, 5.74) is 2.65. The number of ether oxygens (including phenoxy) is 1. The van der Waals surface area contributed by atoms with E-state index in [0.717, 1.165) is 18.8 Å². The number of benzene rings is 3. The first-order valence-electron chi connectivity index (χ1n) is 8.47. The Labute approximate surface area is 152 Å². The van der Waals surface area contributed by atoms with Crippen LogP contribution in [0, 0.1) is 0 Å². The van der Waals surface area contributed by atoms with Gasteiger partial charge in [-0.15, -0.1) is 0 Å². The summed E-state index contributed by atoms with van der Waals surface area (Å²) in [7, 11) is 0. The van der Waals surface area contributed by atoms with Crippen LogP contribution in [0.25, 0.3) is 10.8 Å². The van der Waals surface area contributed by atoms with Gasteiger partial charge < -0.3 is 9.84 Å². The lowest BCUT2D eigenvalue weighted by molar-refractivity contribution is 0.0621. The van der Waals surface area contributed by atoms with E-state index in [1.807, 2.05) is 12.1 Å². The third kappa shape index (κ3) is 3.64. The first kappa shape index (κ1) is 16.4. The number of halogens is 1. The molecule has 0 amide bonds. The molecule has 0 bridgehead atoms. The molecule has 128 valence electrons. The molecule has 1 aliphatic heterocycles. The Morgan fingerprint density at radius 3 is 2.24 bits per heavy atom. The summed E-state index contributed by atoms with van der Waals surface area (Å²) in [6.07, 6.45) is -0.542. The van der Waals surface area contributed by atoms with E-state index in [-0.39, 0.29) is 6.61 Å². The third-order valence-corrected chi connectivity index (χ3v) is 4.84. The van der Waals surface area contributed by atoms with Gasteiger partial charge in [0, 0.05) is 24.7 Å². The average Bonchev–Trinajstić information content (AvgIpc) is 2.62. The Balaban J connectivity index is 1.39. The van der Waals surface area contributed by atoms with E-state index in [0.29, 0.717) is 11.6 Å². The summed E-state index contributed by atoms with van der Waals surface area (Å²) in [6, 6.07) is 20.1. The summed E-state index contributed by atoms with van der Waals surface area (Å²) in [5.74, 6) is 0.720. The Kier molecular flexibility index (Phi) is 4.62. The van der Waals surface area contributed by atoms with Crippen LogP contribution in [0.15, 0.2) is 60.7 Å². The van der Waals surface area contributed by atoms with Crippen molar-refractivity contribution in [3.8, 4) is 5.75 Å². The molecule has 3 nitrogen and oxygen atoms in total. The van der Waals surface area contributed by atoms with Crippen molar-refractivity contribution in [2.24, 2.45) is 0 Å². The highest BCUT2D eigenvalue weighted by Gasteiger charge is 2.20. The molecule has 0 radical (unpaired) electrons. The van der Waals surface area contributed by atoms with Gasteiger partial charge in [0.1, 0.15) is 18.5 Å². The minimum absolute atomic E-state index is 0.268. The quantitative estimate of drug-likeness (QED) is 0.744. The Bertz CT molecular complexity index is 838. The van der Waals surface area contributed by atoms with Gasteiger partial charge in [0.15, 0.2) is 0 Å². The van der Waals surface area contributed by atoms with Crippen molar-refractivity contribution in [3.05, 3.63) is 76.8 Å². The maximum absolute atomic E-state index is 10.4. The third-order valence-electron chi connectivity index (χ3n) is 4.59. The van der Waals surface area contributed by atoms with E-state index in [2.05, 4.69) is 41.3 Å². The SMILES string of the molecule is OC(COc1ccc(Cl)cc1)CN1Cc2cccc3cccc(c23)C1. The van der Waals surface area contributed by atoms with Gasteiger partial charge in [-0.25, -0.2) is 0 Å². The lowest BCUT2D eigenvalue weighted by Gasteiger charge is -2.30. The lowest BCUT2D eigenvalue weighted by Crippen LogP contribution is -2.36. The van der Waals surface area contributed by atoms with Crippen LogP contribution in [0.4, 0.5) is 0 Å². The van der Waals surface area contributed by atoms with Gasteiger partial charge in [-0.05, 0) is 46.2 Å². The number of aliphatic hydroxyl groups excluding tert-OH is 1. The topological polar surface area (TPSA) is 32.7 Å². The smallest absolute Gasteiger partial charge is 0.119 e. The highest BCUT2D eigenvalue weighted by Crippen LogP contribution is 2.29. The van der Waals surface area contributed by atoms with Gasteiger partial charge in [-0.1, -0.05) is 48.0 Å². The van der Waals surface area contributed by atoms with Crippen LogP contribution < -0.4 is 4.74 Å². The summed E-state index contributed by atoms with van der Waals surface area (Å²) >= 11 is 5.87. The number of hydrogen-bond donors (Lipinski definition) is 1. The molecule has 0 saturated carbocycles. The van der Waals surface area contributed by atoms with Crippen LogP contribution in [0.3, 0.4) is 0 Å². The fourth-order valence-corrected chi connectivity index (χ4v) is 3.63. The van der Waals surface area contributed by atoms with Crippen LogP contribution in [0.1, 0.15) is 11.1 Å². The summed E-state index contributed by atoms with van der Waals surface area (Å²) in [4.78, 5) is 2.27. The standard InChI is InChI=1S/C21H20ClNO2/c22-18-7-9-20(10-8-18)25-14-19(24)13-23-11-16-5-1-3-15-4-2-6-17(12-23)21(15)16/h1-10,19,24H,11-14H2. The van der Waals surface area contributed by atoms with Crippen molar-refractivity contribution in [2.75, 3.05) is 13.2 Å². The molecule has 0 fully saturated rings. The van der Waals surface area contributed by atoms with E-state index in [9.17, 15) is 5.11 Å². The van der Waals surface area contributed by atoms with E-state index < -0.39 is 6.10 Å². The van der Waals surface area contributed by atoms with Crippen LogP contribution in [-0.2, 0) is 13.1 Å². The van der Waals surface area contributed by atoms with Gasteiger partial charge in [0.25, 0.3) is 0 Å². The minimum Gasteiger partial charge on any atom is -0.491 e. The number of β-amino-alcohol motifs (C(OH)–C–C–N with tert-alkyl or cyclic N) is 1. The monoisotopic (exact) mass is 353 g/mol. The molecule has 1 N–H and O–H groups in total. The van der Waals surface area contributed by atoms with Crippen molar-refractivity contribution in [3.63, 3.8) is 0 Å². The molecule has 1 aliphatic rings. The van der Waals surface area contributed by atoms with E-state index in [4.69, 9.17) is 16.3 Å².